The largest absolute Gasteiger partial charge is 0.504 e. The van der Waals surface area contributed by atoms with Crippen LogP contribution in [-0.2, 0) is 13.1 Å². The first kappa shape index (κ1) is 15.3. The molecule has 0 aliphatic rings. The van der Waals surface area contributed by atoms with Crippen LogP contribution in [0, 0.1) is 6.92 Å². The average molecular weight is 291 g/mol. The van der Waals surface area contributed by atoms with Crippen LogP contribution in [0.3, 0.4) is 0 Å². The van der Waals surface area contributed by atoms with E-state index in [1.165, 1.54) is 0 Å². The monoisotopic (exact) mass is 291 g/mol. The van der Waals surface area contributed by atoms with Gasteiger partial charge in [0.1, 0.15) is 0 Å². The topological polar surface area (TPSA) is 71.6 Å². The van der Waals surface area contributed by atoms with Crippen LogP contribution in [-0.4, -0.2) is 33.3 Å². The van der Waals surface area contributed by atoms with E-state index in [-0.39, 0.29) is 11.8 Å². The maximum Gasteiger partial charge on any atom is 0.223 e. The maximum absolute atomic E-state index is 10.2. The van der Waals surface area contributed by atoms with Crippen molar-refractivity contribution in [3.63, 3.8) is 0 Å². The van der Waals surface area contributed by atoms with Gasteiger partial charge in [0, 0.05) is 25.1 Å². The van der Waals surface area contributed by atoms with Crippen LogP contribution in [0.2, 0.25) is 0 Å². The lowest BCUT2D eigenvalue weighted by atomic mass is 10.1. The van der Waals surface area contributed by atoms with E-state index in [4.69, 9.17) is 9.26 Å². The third-order valence-corrected chi connectivity index (χ3v) is 3.32. The molecular weight excluding hydrogens is 270 g/mol. The molecule has 114 valence electrons. The van der Waals surface area contributed by atoms with Gasteiger partial charge in [0.05, 0.1) is 13.7 Å². The average Bonchev–Trinajstić information content (AvgIpc) is 2.85. The summed E-state index contributed by atoms with van der Waals surface area (Å²) in [5.74, 6) is 1.85. The summed E-state index contributed by atoms with van der Waals surface area (Å²) in [5.41, 5.74) is 0.809. The number of hydrogen-bond donors (Lipinski definition) is 1. The Morgan fingerprint density at radius 3 is 2.67 bits per heavy atom. The van der Waals surface area contributed by atoms with Crippen LogP contribution in [0.15, 0.2) is 22.7 Å². The van der Waals surface area contributed by atoms with Crippen LogP contribution in [0.1, 0.15) is 31.1 Å². The fraction of sp³-hybridized carbons (Fsp3) is 0.467. The number of para-hydroxylation sites is 1. The molecule has 0 bridgehead atoms. The molecule has 0 fully saturated rings. The summed E-state index contributed by atoms with van der Waals surface area (Å²) in [4.78, 5) is 6.38. The molecule has 2 aromatic rings. The van der Waals surface area contributed by atoms with Crippen molar-refractivity contribution >= 4 is 0 Å². The first-order valence-corrected chi connectivity index (χ1v) is 6.89. The molecule has 0 unspecified atom stereocenters. The van der Waals surface area contributed by atoms with Crippen molar-refractivity contribution in [1.82, 2.24) is 15.0 Å². The van der Waals surface area contributed by atoms with Crippen LogP contribution in [0.4, 0.5) is 0 Å². The van der Waals surface area contributed by atoms with Gasteiger partial charge in [-0.3, -0.25) is 4.90 Å². The summed E-state index contributed by atoms with van der Waals surface area (Å²) in [5, 5.41) is 14.1. The molecule has 0 saturated carbocycles. The Kier molecular flexibility index (Phi) is 4.80. The summed E-state index contributed by atoms with van der Waals surface area (Å²) in [6.07, 6.45) is 0. The van der Waals surface area contributed by atoms with Gasteiger partial charge in [0.25, 0.3) is 0 Å². The van der Waals surface area contributed by atoms with Gasteiger partial charge in [-0.05, 0) is 19.9 Å². The lowest BCUT2D eigenvalue weighted by molar-refractivity contribution is 0.193. The number of ether oxygens (including phenoxy) is 1. The third kappa shape index (κ3) is 3.72. The molecule has 0 amide bonds. The number of benzene rings is 1. The van der Waals surface area contributed by atoms with Gasteiger partial charge in [-0.15, -0.1) is 0 Å². The number of aromatic hydroxyl groups is 1. The molecule has 21 heavy (non-hydrogen) atoms. The second-order valence-electron chi connectivity index (χ2n) is 5.20. The SMILES string of the molecule is COc1cccc(CN(Cc2noc(C)n2)C(C)C)c1O. The second kappa shape index (κ2) is 6.58. The molecule has 0 atom stereocenters. The number of aryl methyl sites for hydroxylation is 1. The predicted octanol–water partition coefficient (Wildman–Crippen LogP) is 2.50. The molecule has 1 N–H and O–H groups in total. The molecule has 1 aromatic carbocycles. The van der Waals surface area contributed by atoms with Crippen molar-refractivity contribution < 1.29 is 14.4 Å². The van der Waals surface area contributed by atoms with Crippen molar-refractivity contribution in [3.05, 3.63) is 35.5 Å². The van der Waals surface area contributed by atoms with Gasteiger partial charge < -0.3 is 14.4 Å². The van der Waals surface area contributed by atoms with Gasteiger partial charge >= 0.3 is 0 Å². The summed E-state index contributed by atoms with van der Waals surface area (Å²) < 4.78 is 10.1. The zero-order valence-corrected chi connectivity index (χ0v) is 12.8. The highest BCUT2D eigenvalue weighted by Crippen LogP contribution is 2.30. The van der Waals surface area contributed by atoms with Crippen molar-refractivity contribution in [1.29, 1.82) is 0 Å². The highest BCUT2D eigenvalue weighted by Gasteiger charge is 2.17. The minimum Gasteiger partial charge on any atom is -0.504 e. The molecule has 6 nitrogen and oxygen atoms in total. The number of phenols is 1. The minimum atomic E-state index is 0.176. The Morgan fingerprint density at radius 1 is 1.33 bits per heavy atom. The Hall–Kier alpha value is -2.08. The van der Waals surface area contributed by atoms with Crippen molar-refractivity contribution in [2.75, 3.05) is 7.11 Å². The smallest absolute Gasteiger partial charge is 0.223 e. The molecule has 6 heteroatoms. The standard InChI is InChI=1S/C15H21N3O3/c1-10(2)18(9-14-16-11(3)21-17-14)8-12-6-5-7-13(20-4)15(12)19/h5-7,10,19H,8-9H2,1-4H3. The lowest BCUT2D eigenvalue weighted by Crippen LogP contribution is -2.30. The molecule has 2 rings (SSSR count). The fourth-order valence-corrected chi connectivity index (χ4v) is 2.09. The highest BCUT2D eigenvalue weighted by molar-refractivity contribution is 5.45. The van der Waals surface area contributed by atoms with E-state index in [0.717, 1.165) is 5.56 Å². The van der Waals surface area contributed by atoms with Gasteiger partial charge in [0.15, 0.2) is 17.3 Å². The molecule has 0 radical (unpaired) electrons. The first-order valence-electron chi connectivity index (χ1n) is 6.89. The van der Waals surface area contributed by atoms with E-state index in [0.29, 0.717) is 30.6 Å². The summed E-state index contributed by atoms with van der Waals surface area (Å²) in [7, 11) is 1.54. The van der Waals surface area contributed by atoms with Crippen LogP contribution < -0.4 is 4.74 Å². The Balaban J connectivity index is 2.16. The Labute approximate surface area is 124 Å². The molecular formula is C15H21N3O3. The third-order valence-electron chi connectivity index (χ3n) is 3.32. The number of phenolic OH excluding ortho intramolecular Hbond substituents is 1. The van der Waals surface area contributed by atoms with E-state index in [2.05, 4.69) is 28.9 Å². The number of hydrogen-bond acceptors (Lipinski definition) is 6. The van der Waals surface area contributed by atoms with Gasteiger partial charge in [-0.2, -0.15) is 4.98 Å². The van der Waals surface area contributed by atoms with Crippen molar-refractivity contribution in [3.8, 4) is 11.5 Å². The molecule has 0 aliphatic carbocycles. The number of nitrogens with zero attached hydrogens (tertiary/aromatic N) is 3. The predicted molar refractivity (Wildman–Crippen MR) is 78.1 cm³/mol. The van der Waals surface area contributed by atoms with Gasteiger partial charge in [-0.25, -0.2) is 0 Å². The minimum absolute atomic E-state index is 0.176. The normalized spacial score (nSPS) is 11.3. The van der Waals surface area contributed by atoms with Crippen LogP contribution in [0.5, 0.6) is 11.5 Å². The lowest BCUT2D eigenvalue weighted by Gasteiger charge is -2.25. The highest BCUT2D eigenvalue weighted by atomic mass is 16.5. The van der Waals surface area contributed by atoms with E-state index in [1.807, 2.05) is 12.1 Å². The molecule has 0 aliphatic heterocycles. The summed E-state index contributed by atoms with van der Waals surface area (Å²) in [6, 6.07) is 5.76. The number of aromatic nitrogens is 2. The van der Waals surface area contributed by atoms with Crippen LogP contribution >= 0.6 is 0 Å². The van der Waals surface area contributed by atoms with Crippen LogP contribution in [0.25, 0.3) is 0 Å². The maximum atomic E-state index is 10.2. The zero-order chi connectivity index (χ0) is 15.4. The van der Waals surface area contributed by atoms with E-state index in [1.54, 1.807) is 20.1 Å². The van der Waals surface area contributed by atoms with Crippen molar-refractivity contribution in [2.24, 2.45) is 0 Å². The van der Waals surface area contributed by atoms with E-state index >= 15 is 0 Å². The van der Waals surface area contributed by atoms with Gasteiger partial charge in [-0.1, -0.05) is 17.3 Å². The van der Waals surface area contributed by atoms with Gasteiger partial charge in [0.2, 0.25) is 5.89 Å². The molecule has 0 saturated heterocycles. The number of rotatable bonds is 6. The van der Waals surface area contributed by atoms with E-state index in [9.17, 15) is 5.11 Å². The first-order chi connectivity index (χ1) is 10.0. The zero-order valence-electron chi connectivity index (χ0n) is 12.8. The summed E-state index contributed by atoms with van der Waals surface area (Å²) in [6.45, 7) is 7.08. The quantitative estimate of drug-likeness (QED) is 0.881. The molecule has 1 aromatic heterocycles. The summed E-state index contributed by atoms with van der Waals surface area (Å²) >= 11 is 0. The fourth-order valence-electron chi connectivity index (χ4n) is 2.09. The molecule has 0 spiro atoms. The number of methoxy groups -OCH3 is 1. The van der Waals surface area contributed by atoms with E-state index < -0.39 is 0 Å². The molecule has 1 heterocycles. The second-order valence-corrected chi connectivity index (χ2v) is 5.20. The Bertz CT molecular complexity index is 596. The Morgan fingerprint density at radius 2 is 2.10 bits per heavy atom. The van der Waals surface area contributed by atoms with Crippen molar-refractivity contribution in [2.45, 2.75) is 39.9 Å².